The van der Waals surface area contributed by atoms with E-state index in [0.29, 0.717) is 5.15 Å². The molecule has 2 aromatic rings. The number of benzene rings is 1. The number of nitrogens with zero attached hydrogens (tertiary/aromatic N) is 1. The van der Waals surface area contributed by atoms with Crippen molar-refractivity contribution in [1.82, 2.24) is 4.57 Å². The summed E-state index contributed by atoms with van der Waals surface area (Å²) in [6.07, 6.45) is 0. The van der Waals surface area contributed by atoms with E-state index >= 15 is 0 Å². The predicted molar refractivity (Wildman–Crippen MR) is 59.3 cm³/mol. The lowest BCUT2D eigenvalue weighted by molar-refractivity contribution is -0.137. The highest BCUT2D eigenvalue weighted by atomic mass is 35.5. The zero-order chi connectivity index (χ0) is 11.0. The molecule has 0 unspecified atom stereocenters. The highest BCUT2D eigenvalue weighted by Gasteiger charge is 2.11. The molecule has 1 aromatic heterocycles. The van der Waals surface area contributed by atoms with Crippen molar-refractivity contribution in [3.63, 3.8) is 0 Å². The van der Waals surface area contributed by atoms with Crippen molar-refractivity contribution in [3.05, 3.63) is 35.0 Å². The zero-order valence-electron chi connectivity index (χ0n) is 8.20. The molecule has 0 spiro atoms. The van der Waals surface area contributed by atoms with Gasteiger partial charge in [-0.25, -0.2) is 0 Å². The average Bonchev–Trinajstić information content (AvgIpc) is 2.43. The Morgan fingerprint density at radius 1 is 1.53 bits per heavy atom. The molecular formula is C11H10ClNO2. The molecular weight excluding hydrogens is 214 g/mol. The monoisotopic (exact) mass is 223 g/mol. The van der Waals surface area contributed by atoms with E-state index in [2.05, 4.69) is 0 Å². The minimum atomic E-state index is -0.891. The SMILES string of the molecule is Cc1cccc2cc(Cl)n(CC(=O)O)c12. The molecule has 1 aromatic carbocycles. The summed E-state index contributed by atoms with van der Waals surface area (Å²) in [4.78, 5) is 10.7. The van der Waals surface area contributed by atoms with Crippen LogP contribution in [-0.2, 0) is 11.3 Å². The van der Waals surface area contributed by atoms with E-state index in [1.165, 1.54) is 0 Å². The lowest BCUT2D eigenvalue weighted by Gasteiger charge is -2.05. The number of hydrogen-bond acceptors (Lipinski definition) is 1. The number of halogens is 1. The Morgan fingerprint density at radius 3 is 2.93 bits per heavy atom. The van der Waals surface area contributed by atoms with Gasteiger partial charge in [0.25, 0.3) is 0 Å². The van der Waals surface area contributed by atoms with Crippen molar-refractivity contribution >= 4 is 28.5 Å². The van der Waals surface area contributed by atoms with E-state index < -0.39 is 5.97 Å². The first-order valence-corrected chi connectivity index (χ1v) is 4.93. The Balaban J connectivity index is 2.71. The summed E-state index contributed by atoms with van der Waals surface area (Å²) in [5.74, 6) is -0.891. The van der Waals surface area contributed by atoms with Gasteiger partial charge in [0.05, 0.1) is 5.52 Å². The molecule has 1 N–H and O–H groups in total. The van der Waals surface area contributed by atoms with Gasteiger partial charge in [0.15, 0.2) is 0 Å². The minimum absolute atomic E-state index is 0.104. The Bertz CT molecular complexity index is 531. The summed E-state index contributed by atoms with van der Waals surface area (Å²) in [6, 6.07) is 7.58. The summed E-state index contributed by atoms with van der Waals surface area (Å²) < 4.78 is 1.61. The molecule has 2 rings (SSSR count). The van der Waals surface area contributed by atoms with Crippen molar-refractivity contribution in [2.45, 2.75) is 13.5 Å². The molecule has 0 aliphatic heterocycles. The number of rotatable bonds is 2. The van der Waals surface area contributed by atoms with E-state index in [1.54, 1.807) is 10.6 Å². The largest absolute Gasteiger partial charge is 0.480 e. The molecule has 3 nitrogen and oxygen atoms in total. The van der Waals surface area contributed by atoms with Gasteiger partial charge in [0.1, 0.15) is 11.7 Å². The van der Waals surface area contributed by atoms with Crippen LogP contribution in [0, 0.1) is 6.92 Å². The van der Waals surface area contributed by atoms with Crippen LogP contribution in [0.15, 0.2) is 24.3 Å². The van der Waals surface area contributed by atoms with Crippen molar-refractivity contribution in [3.8, 4) is 0 Å². The van der Waals surface area contributed by atoms with E-state index in [9.17, 15) is 4.79 Å². The van der Waals surface area contributed by atoms with Crippen LogP contribution in [0.25, 0.3) is 10.9 Å². The smallest absolute Gasteiger partial charge is 0.323 e. The second kappa shape index (κ2) is 3.59. The van der Waals surface area contributed by atoms with Crippen molar-refractivity contribution in [1.29, 1.82) is 0 Å². The maximum atomic E-state index is 10.7. The highest BCUT2D eigenvalue weighted by Crippen LogP contribution is 2.26. The Morgan fingerprint density at radius 2 is 2.27 bits per heavy atom. The van der Waals surface area contributed by atoms with E-state index in [0.717, 1.165) is 16.5 Å². The first-order valence-electron chi connectivity index (χ1n) is 4.56. The fourth-order valence-corrected chi connectivity index (χ4v) is 2.03. The second-order valence-corrected chi connectivity index (χ2v) is 3.85. The van der Waals surface area contributed by atoms with E-state index in [-0.39, 0.29) is 6.54 Å². The molecule has 0 atom stereocenters. The fraction of sp³-hybridized carbons (Fsp3) is 0.182. The molecule has 0 bridgehead atoms. The van der Waals surface area contributed by atoms with Crippen LogP contribution in [0.2, 0.25) is 5.15 Å². The summed E-state index contributed by atoms with van der Waals surface area (Å²) >= 11 is 5.98. The van der Waals surface area contributed by atoms with Crippen LogP contribution in [0.4, 0.5) is 0 Å². The van der Waals surface area contributed by atoms with Crippen molar-refractivity contribution in [2.75, 3.05) is 0 Å². The number of aryl methyl sites for hydroxylation is 1. The van der Waals surface area contributed by atoms with Gasteiger partial charge in [0.2, 0.25) is 0 Å². The molecule has 4 heteroatoms. The van der Waals surface area contributed by atoms with Crippen LogP contribution in [0.3, 0.4) is 0 Å². The van der Waals surface area contributed by atoms with Gasteiger partial charge < -0.3 is 9.67 Å². The third-order valence-corrected chi connectivity index (χ3v) is 2.68. The molecule has 0 radical (unpaired) electrons. The summed E-state index contributed by atoms with van der Waals surface area (Å²) in [5.41, 5.74) is 1.92. The third kappa shape index (κ3) is 1.70. The number of para-hydroxylation sites is 1. The maximum Gasteiger partial charge on any atom is 0.323 e. The molecule has 0 amide bonds. The second-order valence-electron chi connectivity index (χ2n) is 3.46. The van der Waals surface area contributed by atoms with E-state index in [1.807, 2.05) is 25.1 Å². The summed E-state index contributed by atoms with van der Waals surface area (Å²) in [6.45, 7) is 1.84. The first-order chi connectivity index (χ1) is 7.09. The van der Waals surface area contributed by atoms with Crippen LogP contribution < -0.4 is 0 Å². The number of carboxylic acids is 1. The number of carbonyl (C=O) groups is 1. The molecule has 15 heavy (non-hydrogen) atoms. The normalized spacial score (nSPS) is 10.8. The number of fused-ring (bicyclic) bond motifs is 1. The topological polar surface area (TPSA) is 42.2 Å². The number of hydrogen-bond donors (Lipinski definition) is 1. The predicted octanol–water partition coefficient (Wildman–Crippen LogP) is 2.69. The van der Waals surface area contributed by atoms with Gasteiger partial charge in [-0.05, 0) is 18.6 Å². The van der Waals surface area contributed by atoms with Gasteiger partial charge >= 0.3 is 5.97 Å². The Kier molecular flexibility index (Phi) is 2.40. The van der Waals surface area contributed by atoms with Crippen LogP contribution in [-0.4, -0.2) is 15.6 Å². The number of carboxylic acid groups (broad SMARTS) is 1. The number of aromatic nitrogens is 1. The zero-order valence-corrected chi connectivity index (χ0v) is 8.95. The number of aliphatic carboxylic acids is 1. The van der Waals surface area contributed by atoms with Gasteiger partial charge in [-0.3, -0.25) is 4.79 Å². The highest BCUT2D eigenvalue weighted by molar-refractivity contribution is 6.31. The Hall–Kier alpha value is -1.48. The van der Waals surface area contributed by atoms with Crippen LogP contribution in [0.1, 0.15) is 5.56 Å². The summed E-state index contributed by atoms with van der Waals surface area (Å²) in [7, 11) is 0. The lowest BCUT2D eigenvalue weighted by atomic mass is 10.2. The molecule has 0 fully saturated rings. The van der Waals surface area contributed by atoms with Crippen LogP contribution in [0.5, 0.6) is 0 Å². The summed E-state index contributed by atoms with van der Waals surface area (Å²) in [5, 5.41) is 10.2. The lowest BCUT2D eigenvalue weighted by Crippen LogP contribution is -2.08. The van der Waals surface area contributed by atoms with Crippen molar-refractivity contribution < 1.29 is 9.90 Å². The standard InChI is InChI=1S/C11H10ClNO2/c1-7-3-2-4-8-5-9(12)13(11(7)8)6-10(14)15/h2-5H,6H2,1H3,(H,14,15). The molecule has 78 valence electrons. The van der Waals surface area contributed by atoms with Gasteiger partial charge in [-0.2, -0.15) is 0 Å². The minimum Gasteiger partial charge on any atom is -0.480 e. The molecule has 0 saturated carbocycles. The van der Waals surface area contributed by atoms with Gasteiger partial charge in [-0.15, -0.1) is 0 Å². The molecule has 1 heterocycles. The van der Waals surface area contributed by atoms with Gasteiger partial charge in [-0.1, -0.05) is 29.8 Å². The maximum absolute atomic E-state index is 10.7. The Labute approximate surface area is 91.9 Å². The quantitative estimate of drug-likeness (QED) is 0.851. The van der Waals surface area contributed by atoms with E-state index in [4.69, 9.17) is 16.7 Å². The van der Waals surface area contributed by atoms with Crippen LogP contribution >= 0.6 is 11.6 Å². The molecule has 0 aliphatic carbocycles. The fourth-order valence-electron chi connectivity index (χ4n) is 1.77. The average molecular weight is 224 g/mol. The first kappa shape index (κ1) is 10.1. The van der Waals surface area contributed by atoms with Crippen molar-refractivity contribution in [2.24, 2.45) is 0 Å². The molecule has 0 aliphatic rings. The third-order valence-electron chi connectivity index (χ3n) is 2.36. The molecule has 0 saturated heterocycles. The van der Waals surface area contributed by atoms with Gasteiger partial charge in [0, 0.05) is 5.39 Å².